The standard InChI is InChI=1S/C18H21F4N3O3/c19-14-2-1-13(18(20,21)22)11-15(14)23-17(27)25-5-3-12(4-6-25)16(26)24-7-9-28-10-8-24/h1-2,11-12H,3-10H2,(H,23,27). The second-order valence-electron chi connectivity index (χ2n) is 6.82. The van der Waals surface area contributed by atoms with E-state index in [1.807, 2.05) is 0 Å². The molecule has 154 valence electrons. The van der Waals surface area contributed by atoms with Gasteiger partial charge in [-0.05, 0) is 31.0 Å². The molecule has 2 aliphatic rings. The van der Waals surface area contributed by atoms with Crippen molar-refractivity contribution in [2.75, 3.05) is 44.7 Å². The van der Waals surface area contributed by atoms with Gasteiger partial charge in [-0.15, -0.1) is 0 Å². The molecular formula is C18H21F4N3O3. The molecule has 1 aromatic rings. The Morgan fingerprint density at radius 3 is 2.29 bits per heavy atom. The number of carbonyl (C=O) groups is 2. The topological polar surface area (TPSA) is 61.9 Å². The molecule has 10 heteroatoms. The Bertz CT molecular complexity index is 727. The largest absolute Gasteiger partial charge is 0.416 e. The lowest BCUT2D eigenvalue weighted by Gasteiger charge is -2.35. The third-order valence-electron chi connectivity index (χ3n) is 4.99. The Kier molecular flexibility index (Phi) is 6.07. The first-order chi connectivity index (χ1) is 13.3. The fraction of sp³-hybridized carbons (Fsp3) is 0.556. The highest BCUT2D eigenvalue weighted by atomic mass is 19.4. The Morgan fingerprint density at radius 2 is 1.68 bits per heavy atom. The van der Waals surface area contributed by atoms with Crippen molar-refractivity contribution in [2.45, 2.75) is 19.0 Å². The van der Waals surface area contributed by atoms with Crippen LogP contribution >= 0.6 is 0 Å². The van der Waals surface area contributed by atoms with Crippen molar-refractivity contribution in [3.8, 4) is 0 Å². The quantitative estimate of drug-likeness (QED) is 0.773. The number of urea groups is 1. The number of carbonyl (C=O) groups excluding carboxylic acids is 2. The Balaban J connectivity index is 1.56. The van der Waals surface area contributed by atoms with Crippen LogP contribution in [0, 0.1) is 11.7 Å². The molecule has 2 aliphatic heterocycles. The number of amides is 3. The molecular weight excluding hydrogens is 382 g/mol. The summed E-state index contributed by atoms with van der Waals surface area (Å²) in [6, 6.07) is 1.18. The van der Waals surface area contributed by atoms with Crippen LogP contribution in [0.2, 0.25) is 0 Å². The summed E-state index contributed by atoms with van der Waals surface area (Å²) in [6.45, 7) is 2.66. The lowest BCUT2D eigenvalue weighted by atomic mass is 9.95. The second kappa shape index (κ2) is 8.34. The van der Waals surface area contributed by atoms with E-state index in [0.29, 0.717) is 57.3 Å². The van der Waals surface area contributed by atoms with E-state index in [1.54, 1.807) is 4.90 Å². The summed E-state index contributed by atoms with van der Waals surface area (Å²) in [5.74, 6) is -1.11. The van der Waals surface area contributed by atoms with Gasteiger partial charge in [-0.3, -0.25) is 4.79 Å². The monoisotopic (exact) mass is 403 g/mol. The number of hydrogen-bond donors (Lipinski definition) is 1. The number of anilines is 1. The Hall–Kier alpha value is -2.36. The highest BCUT2D eigenvalue weighted by molar-refractivity contribution is 5.90. The lowest BCUT2D eigenvalue weighted by Crippen LogP contribution is -2.48. The molecule has 0 radical (unpaired) electrons. The van der Waals surface area contributed by atoms with Gasteiger partial charge in [0.05, 0.1) is 24.5 Å². The summed E-state index contributed by atoms with van der Waals surface area (Å²) in [5, 5.41) is 2.20. The van der Waals surface area contributed by atoms with Crippen molar-refractivity contribution < 1.29 is 31.9 Å². The molecule has 0 unspecified atom stereocenters. The Labute approximate surface area is 159 Å². The number of nitrogens with zero attached hydrogens (tertiary/aromatic N) is 2. The average molecular weight is 403 g/mol. The van der Waals surface area contributed by atoms with Crippen LogP contribution in [0.25, 0.3) is 0 Å². The lowest BCUT2D eigenvalue weighted by molar-refractivity contribution is -0.141. The van der Waals surface area contributed by atoms with E-state index in [9.17, 15) is 27.2 Å². The van der Waals surface area contributed by atoms with Gasteiger partial charge < -0.3 is 19.9 Å². The number of alkyl halides is 3. The minimum absolute atomic E-state index is 0.0345. The number of likely N-dealkylation sites (tertiary alicyclic amines) is 1. The molecule has 1 aromatic carbocycles. The van der Waals surface area contributed by atoms with Crippen LogP contribution < -0.4 is 5.32 Å². The summed E-state index contributed by atoms with van der Waals surface area (Å²) < 4.78 is 57.3. The van der Waals surface area contributed by atoms with E-state index in [2.05, 4.69) is 5.32 Å². The maximum atomic E-state index is 13.8. The summed E-state index contributed by atoms with van der Waals surface area (Å²) in [6.07, 6.45) is -3.73. The van der Waals surface area contributed by atoms with Crippen LogP contribution in [-0.4, -0.2) is 61.1 Å². The molecule has 2 heterocycles. The van der Waals surface area contributed by atoms with Gasteiger partial charge in [-0.25, -0.2) is 9.18 Å². The first-order valence-electron chi connectivity index (χ1n) is 9.05. The summed E-state index contributed by atoms with van der Waals surface area (Å²) in [5.41, 5.74) is -1.56. The van der Waals surface area contributed by atoms with Gasteiger partial charge in [0.1, 0.15) is 5.82 Å². The van der Waals surface area contributed by atoms with E-state index in [4.69, 9.17) is 4.74 Å². The number of halogens is 4. The molecule has 28 heavy (non-hydrogen) atoms. The first kappa shape index (κ1) is 20.4. The van der Waals surface area contributed by atoms with Crippen LogP contribution in [0.1, 0.15) is 18.4 Å². The average Bonchev–Trinajstić information content (AvgIpc) is 2.69. The number of rotatable bonds is 2. The molecule has 3 rings (SSSR count). The van der Waals surface area contributed by atoms with Crippen LogP contribution in [0.15, 0.2) is 18.2 Å². The van der Waals surface area contributed by atoms with Gasteiger partial charge in [0.2, 0.25) is 5.91 Å². The molecule has 0 saturated carbocycles. The van der Waals surface area contributed by atoms with E-state index in [1.165, 1.54) is 4.90 Å². The smallest absolute Gasteiger partial charge is 0.378 e. The zero-order valence-corrected chi connectivity index (χ0v) is 15.1. The van der Waals surface area contributed by atoms with Crippen molar-refractivity contribution in [1.82, 2.24) is 9.80 Å². The van der Waals surface area contributed by atoms with Crippen molar-refractivity contribution in [1.29, 1.82) is 0 Å². The third kappa shape index (κ3) is 4.73. The van der Waals surface area contributed by atoms with Crippen molar-refractivity contribution >= 4 is 17.6 Å². The first-order valence-corrected chi connectivity index (χ1v) is 9.05. The molecule has 0 aliphatic carbocycles. The van der Waals surface area contributed by atoms with Gasteiger partial charge in [-0.1, -0.05) is 0 Å². The minimum Gasteiger partial charge on any atom is -0.378 e. The fourth-order valence-corrected chi connectivity index (χ4v) is 3.36. The molecule has 2 saturated heterocycles. The second-order valence-corrected chi connectivity index (χ2v) is 6.82. The highest BCUT2D eigenvalue weighted by Gasteiger charge is 2.33. The van der Waals surface area contributed by atoms with E-state index >= 15 is 0 Å². The van der Waals surface area contributed by atoms with Gasteiger partial charge in [0, 0.05) is 32.1 Å². The van der Waals surface area contributed by atoms with Crippen LogP contribution in [0.5, 0.6) is 0 Å². The van der Waals surface area contributed by atoms with E-state index in [-0.39, 0.29) is 24.9 Å². The molecule has 0 spiro atoms. The number of benzene rings is 1. The third-order valence-corrected chi connectivity index (χ3v) is 4.99. The number of morpholine rings is 1. The highest BCUT2D eigenvalue weighted by Crippen LogP contribution is 2.32. The van der Waals surface area contributed by atoms with E-state index < -0.39 is 29.3 Å². The molecule has 6 nitrogen and oxygen atoms in total. The van der Waals surface area contributed by atoms with E-state index in [0.717, 1.165) is 0 Å². The van der Waals surface area contributed by atoms with Gasteiger partial charge in [0.15, 0.2) is 0 Å². The SMILES string of the molecule is O=C(Nc1cc(C(F)(F)F)ccc1F)N1CCC(C(=O)N2CCOCC2)CC1. The number of piperidine rings is 1. The molecule has 2 fully saturated rings. The Morgan fingerprint density at radius 1 is 1.04 bits per heavy atom. The minimum atomic E-state index is -4.63. The number of ether oxygens (including phenoxy) is 1. The zero-order chi connectivity index (χ0) is 20.3. The summed E-state index contributed by atoms with van der Waals surface area (Å²) >= 11 is 0. The summed E-state index contributed by atoms with van der Waals surface area (Å²) in [4.78, 5) is 27.9. The number of nitrogens with one attached hydrogen (secondary N) is 1. The molecule has 0 aromatic heterocycles. The van der Waals surface area contributed by atoms with Crippen LogP contribution in [0.3, 0.4) is 0 Å². The van der Waals surface area contributed by atoms with Crippen LogP contribution in [0.4, 0.5) is 28.0 Å². The predicted molar refractivity (Wildman–Crippen MR) is 92.1 cm³/mol. The predicted octanol–water partition coefficient (Wildman–Crippen LogP) is 2.95. The molecule has 3 amide bonds. The fourth-order valence-electron chi connectivity index (χ4n) is 3.36. The van der Waals surface area contributed by atoms with Crippen molar-refractivity contribution in [2.24, 2.45) is 5.92 Å². The van der Waals surface area contributed by atoms with Gasteiger partial charge >= 0.3 is 12.2 Å². The maximum Gasteiger partial charge on any atom is 0.416 e. The van der Waals surface area contributed by atoms with Gasteiger partial charge in [0.25, 0.3) is 0 Å². The van der Waals surface area contributed by atoms with Gasteiger partial charge in [-0.2, -0.15) is 13.2 Å². The summed E-state index contributed by atoms with van der Waals surface area (Å²) in [7, 11) is 0. The van der Waals surface area contributed by atoms with Crippen LogP contribution in [-0.2, 0) is 15.7 Å². The molecule has 0 bridgehead atoms. The number of hydrogen-bond acceptors (Lipinski definition) is 3. The van der Waals surface area contributed by atoms with Crippen molar-refractivity contribution in [3.05, 3.63) is 29.6 Å². The zero-order valence-electron chi connectivity index (χ0n) is 15.1. The van der Waals surface area contributed by atoms with Crippen molar-refractivity contribution in [3.63, 3.8) is 0 Å². The molecule has 1 N–H and O–H groups in total. The normalized spacial score (nSPS) is 18.9. The molecule has 0 atom stereocenters. The maximum absolute atomic E-state index is 13.8.